The Bertz CT molecular complexity index is 1190. The van der Waals surface area contributed by atoms with Crippen LogP contribution in [0.5, 0.6) is 0 Å². The van der Waals surface area contributed by atoms with E-state index in [0.717, 1.165) is 19.3 Å². The summed E-state index contributed by atoms with van der Waals surface area (Å²) in [5.41, 5.74) is -6.44. The summed E-state index contributed by atoms with van der Waals surface area (Å²) in [5, 5.41) is 0. The maximum absolute atomic E-state index is 13.7. The number of rotatable bonds is 6. The molecular formula is C24H25F6O9S-. The van der Waals surface area contributed by atoms with Crippen LogP contribution in [0.15, 0.2) is 0 Å². The van der Waals surface area contributed by atoms with Crippen LogP contribution < -0.4 is 0 Å². The summed E-state index contributed by atoms with van der Waals surface area (Å²) in [6, 6.07) is 0. The van der Waals surface area contributed by atoms with E-state index >= 15 is 0 Å². The third-order valence-corrected chi connectivity index (χ3v) is 10.9. The molecule has 0 aromatic heterocycles. The van der Waals surface area contributed by atoms with E-state index in [4.69, 9.17) is 9.47 Å². The molecule has 9 nitrogen and oxygen atoms in total. The van der Waals surface area contributed by atoms with Crippen molar-refractivity contribution >= 4 is 28.0 Å². The Morgan fingerprint density at radius 1 is 0.925 bits per heavy atom. The number of esters is 3. The molecule has 0 spiro atoms. The first kappa shape index (κ1) is 28.0. The smallest absolute Gasteiger partial charge is 0.438 e. The number of alkyl halides is 6. The number of fused-ring (bicyclic) bond motifs is 1. The zero-order valence-electron chi connectivity index (χ0n) is 20.7. The molecule has 1 heterocycles. The molecule has 7 aliphatic rings. The molecule has 0 aromatic carbocycles. The Balaban J connectivity index is 1.28. The normalized spacial score (nSPS) is 41.8. The van der Waals surface area contributed by atoms with Gasteiger partial charge in [0, 0.05) is 11.8 Å². The van der Waals surface area contributed by atoms with Gasteiger partial charge in [-0.15, -0.1) is 0 Å². The van der Waals surface area contributed by atoms with Crippen molar-refractivity contribution in [3.63, 3.8) is 0 Å². The van der Waals surface area contributed by atoms with Crippen LogP contribution in [0.4, 0.5) is 26.3 Å². The fourth-order valence-corrected chi connectivity index (χ4v) is 9.92. The minimum absolute atomic E-state index is 0.0649. The highest BCUT2D eigenvalue weighted by Crippen LogP contribution is 2.63. The van der Waals surface area contributed by atoms with Gasteiger partial charge >= 0.3 is 35.9 Å². The van der Waals surface area contributed by atoms with E-state index in [1.54, 1.807) is 0 Å². The van der Waals surface area contributed by atoms with Gasteiger partial charge in [0.25, 0.3) is 0 Å². The molecule has 6 bridgehead atoms. The molecule has 6 aliphatic carbocycles. The van der Waals surface area contributed by atoms with Crippen molar-refractivity contribution < 1.29 is 67.9 Å². The summed E-state index contributed by atoms with van der Waals surface area (Å²) in [6.07, 6.45) is -10.6. The second kappa shape index (κ2) is 8.48. The lowest BCUT2D eigenvalue weighted by Crippen LogP contribution is -2.64. The monoisotopic (exact) mass is 603 g/mol. The van der Waals surface area contributed by atoms with Gasteiger partial charge in [-0.3, -0.25) is 14.4 Å². The van der Waals surface area contributed by atoms with Crippen LogP contribution in [-0.4, -0.2) is 66.8 Å². The molecule has 7 fully saturated rings. The van der Waals surface area contributed by atoms with Crippen molar-refractivity contribution in [1.29, 1.82) is 0 Å². The summed E-state index contributed by atoms with van der Waals surface area (Å²) < 4.78 is 131. The van der Waals surface area contributed by atoms with Gasteiger partial charge < -0.3 is 18.8 Å². The number of ether oxygens (including phenoxy) is 3. The first-order chi connectivity index (χ1) is 18.3. The lowest BCUT2D eigenvalue weighted by molar-refractivity contribution is -0.362. The fraction of sp³-hybridized carbons (Fsp3) is 0.875. The SMILES string of the molecule is O=C1OC2C3CC(C2OC(=O)C24CC5CC(CC(C5)C2)C4)C(C(=O)OC(CS(=O)(=O)[O-])(C(F)(F)F)C(F)(F)F)C13. The van der Waals surface area contributed by atoms with Crippen molar-refractivity contribution in [3.05, 3.63) is 0 Å². The molecule has 7 rings (SSSR count). The molecule has 0 N–H and O–H groups in total. The zero-order valence-corrected chi connectivity index (χ0v) is 21.5. The summed E-state index contributed by atoms with van der Waals surface area (Å²) in [6.45, 7) is 0. The minimum Gasteiger partial charge on any atom is -0.748 e. The van der Waals surface area contributed by atoms with Crippen molar-refractivity contribution in [2.75, 3.05) is 5.75 Å². The molecule has 16 heteroatoms. The van der Waals surface area contributed by atoms with E-state index in [-0.39, 0.29) is 6.42 Å². The Morgan fingerprint density at radius 3 is 1.93 bits per heavy atom. The second-order valence-electron chi connectivity index (χ2n) is 12.5. The lowest BCUT2D eigenvalue weighted by Gasteiger charge is -2.55. The highest BCUT2D eigenvalue weighted by atomic mass is 32.2. The van der Waals surface area contributed by atoms with Gasteiger partial charge in [0.1, 0.15) is 12.2 Å². The van der Waals surface area contributed by atoms with Crippen molar-refractivity contribution in [3.8, 4) is 0 Å². The standard InChI is InChI=1S/C24H26F6O9S/c25-23(26,27)22(24(28,29)30,8-40(34,35)36)39-19(32)15-13-4-12-14(15)18(31)37-16(12)17(13)38-20(33)21-5-9-1-10(6-21)3-11(2-9)7-21/h9-17H,1-8H2,(H,34,35,36)/p-1. The second-order valence-corrected chi connectivity index (χ2v) is 13.9. The molecule has 0 radical (unpaired) electrons. The van der Waals surface area contributed by atoms with Gasteiger partial charge in [-0.05, 0) is 62.7 Å². The maximum atomic E-state index is 13.7. The van der Waals surface area contributed by atoms with Gasteiger partial charge in [0.05, 0.1) is 33.1 Å². The van der Waals surface area contributed by atoms with Crippen LogP contribution in [0.1, 0.15) is 44.9 Å². The summed E-state index contributed by atoms with van der Waals surface area (Å²) in [5.74, 6) is -11.3. The number of carbonyl (C=O) groups excluding carboxylic acids is 3. The molecule has 40 heavy (non-hydrogen) atoms. The van der Waals surface area contributed by atoms with Gasteiger partial charge in [-0.25, -0.2) is 8.42 Å². The Hall–Kier alpha value is -2.10. The van der Waals surface area contributed by atoms with E-state index in [9.17, 15) is 53.7 Å². The van der Waals surface area contributed by atoms with E-state index in [1.165, 1.54) is 0 Å². The first-order valence-corrected chi connectivity index (χ1v) is 14.6. The first-order valence-electron chi connectivity index (χ1n) is 13.1. The number of hydrogen-bond donors (Lipinski definition) is 0. The number of halogens is 6. The molecule has 0 amide bonds. The van der Waals surface area contributed by atoms with Crippen LogP contribution in [0.25, 0.3) is 0 Å². The number of hydrogen-bond acceptors (Lipinski definition) is 9. The average molecular weight is 604 g/mol. The fourth-order valence-electron chi connectivity index (χ4n) is 9.04. The maximum Gasteiger partial charge on any atom is 0.438 e. The van der Waals surface area contributed by atoms with Crippen LogP contribution >= 0.6 is 0 Å². The average Bonchev–Trinajstić information content (AvgIpc) is 3.39. The van der Waals surface area contributed by atoms with Crippen LogP contribution in [0.2, 0.25) is 0 Å². The van der Waals surface area contributed by atoms with Gasteiger partial charge in [-0.1, -0.05) is 0 Å². The molecule has 6 saturated carbocycles. The summed E-state index contributed by atoms with van der Waals surface area (Å²) in [4.78, 5) is 39.2. The van der Waals surface area contributed by atoms with Gasteiger partial charge in [-0.2, -0.15) is 26.3 Å². The molecule has 6 unspecified atom stereocenters. The highest BCUT2D eigenvalue weighted by Gasteiger charge is 2.77. The lowest BCUT2D eigenvalue weighted by atomic mass is 9.49. The molecule has 1 saturated heterocycles. The summed E-state index contributed by atoms with van der Waals surface area (Å²) in [7, 11) is -6.23. The molecule has 1 aliphatic heterocycles. The van der Waals surface area contributed by atoms with E-state index in [1.807, 2.05) is 0 Å². The molecule has 224 valence electrons. The van der Waals surface area contributed by atoms with E-state index in [0.29, 0.717) is 37.0 Å². The molecule has 0 aromatic rings. The van der Waals surface area contributed by atoms with Gasteiger partial charge in [0.15, 0.2) is 0 Å². The number of carbonyl (C=O) groups is 3. The minimum atomic E-state index is -6.54. The zero-order chi connectivity index (χ0) is 29.2. The highest BCUT2D eigenvalue weighted by molar-refractivity contribution is 7.85. The predicted molar refractivity (Wildman–Crippen MR) is 114 cm³/mol. The van der Waals surface area contributed by atoms with Crippen molar-refractivity contribution in [2.45, 2.75) is 75.1 Å². The topological polar surface area (TPSA) is 136 Å². The van der Waals surface area contributed by atoms with Crippen LogP contribution in [0.3, 0.4) is 0 Å². The van der Waals surface area contributed by atoms with Crippen molar-refractivity contribution in [1.82, 2.24) is 0 Å². The summed E-state index contributed by atoms with van der Waals surface area (Å²) >= 11 is 0. The quantitative estimate of drug-likeness (QED) is 0.194. The Labute approximate surface area is 224 Å². The van der Waals surface area contributed by atoms with Crippen molar-refractivity contribution in [2.24, 2.45) is 46.8 Å². The molecular weight excluding hydrogens is 578 g/mol. The van der Waals surface area contributed by atoms with Crippen LogP contribution in [0, 0.1) is 46.8 Å². The van der Waals surface area contributed by atoms with Gasteiger partial charge in [0.2, 0.25) is 0 Å². The third kappa shape index (κ3) is 4.05. The largest absolute Gasteiger partial charge is 0.748 e. The Morgan fingerprint density at radius 2 is 1.45 bits per heavy atom. The predicted octanol–water partition coefficient (Wildman–Crippen LogP) is 2.87. The van der Waals surface area contributed by atoms with Crippen LogP contribution in [-0.2, 0) is 38.7 Å². The van der Waals surface area contributed by atoms with E-state index in [2.05, 4.69) is 4.74 Å². The van der Waals surface area contributed by atoms with E-state index < -0.39 is 93.0 Å². The Kier molecular flexibility index (Phi) is 5.94. The third-order valence-electron chi connectivity index (χ3n) is 10.1. The molecule has 6 atom stereocenters.